The lowest BCUT2D eigenvalue weighted by atomic mass is 10.2. The number of rotatable bonds is 5. The molecule has 124 valence electrons. The quantitative estimate of drug-likeness (QED) is 0.581. The van der Waals surface area contributed by atoms with Crippen LogP contribution in [-0.2, 0) is 4.79 Å². The van der Waals surface area contributed by atoms with Crippen LogP contribution < -0.4 is 5.32 Å². The number of hydrogen-bond donors (Lipinski definition) is 1. The van der Waals surface area contributed by atoms with E-state index in [1.54, 1.807) is 18.2 Å². The molecule has 0 saturated carbocycles. The summed E-state index contributed by atoms with van der Waals surface area (Å²) in [6.45, 7) is 1.93. The van der Waals surface area contributed by atoms with Gasteiger partial charge in [0.1, 0.15) is 5.52 Å². The minimum Gasteiger partial charge on any atom is -0.431 e. The van der Waals surface area contributed by atoms with Crippen LogP contribution >= 0.6 is 35.0 Å². The first-order chi connectivity index (χ1) is 11.6. The van der Waals surface area contributed by atoms with E-state index in [1.807, 2.05) is 31.2 Å². The fourth-order valence-electron chi connectivity index (χ4n) is 2.15. The maximum Gasteiger partial charge on any atom is 0.257 e. The van der Waals surface area contributed by atoms with E-state index in [-0.39, 0.29) is 11.2 Å². The second kappa shape index (κ2) is 7.47. The van der Waals surface area contributed by atoms with Crippen molar-refractivity contribution in [3.05, 3.63) is 52.5 Å². The van der Waals surface area contributed by atoms with Gasteiger partial charge in [-0.3, -0.25) is 4.79 Å². The predicted octanol–water partition coefficient (Wildman–Crippen LogP) is 5.64. The number of carbonyl (C=O) groups is 1. The lowest BCUT2D eigenvalue weighted by Crippen LogP contribution is -2.24. The van der Waals surface area contributed by atoms with E-state index >= 15 is 0 Å². The molecule has 24 heavy (non-hydrogen) atoms. The zero-order valence-corrected chi connectivity index (χ0v) is 15.1. The number of fused-ring (bicyclic) bond motifs is 1. The highest BCUT2D eigenvalue weighted by atomic mass is 35.5. The number of benzene rings is 2. The number of nitrogens with one attached hydrogen (secondary N) is 1. The van der Waals surface area contributed by atoms with Crippen molar-refractivity contribution in [2.75, 3.05) is 5.32 Å². The molecule has 1 amide bonds. The minimum atomic E-state index is -0.354. The molecule has 1 atom stereocenters. The first kappa shape index (κ1) is 17.1. The molecule has 1 aromatic heterocycles. The van der Waals surface area contributed by atoms with Crippen LogP contribution in [0.2, 0.25) is 10.0 Å². The molecule has 0 radical (unpaired) electrons. The van der Waals surface area contributed by atoms with Crippen molar-refractivity contribution in [1.82, 2.24) is 4.98 Å². The highest BCUT2D eigenvalue weighted by Crippen LogP contribution is 2.30. The predicted molar refractivity (Wildman–Crippen MR) is 99.0 cm³/mol. The molecule has 0 aliphatic rings. The van der Waals surface area contributed by atoms with Gasteiger partial charge in [0, 0.05) is 5.02 Å². The third-order valence-corrected chi connectivity index (χ3v) is 5.14. The Morgan fingerprint density at radius 3 is 2.83 bits per heavy atom. The number of carbonyl (C=O) groups excluding carboxylic acids is 1. The van der Waals surface area contributed by atoms with Gasteiger partial charge in [0.25, 0.3) is 5.22 Å². The second-order valence-corrected chi connectivity index (χ2v) is 7.07. The number of oxazole rings is 1. The van der Waals surface area contributed by atoms with Crippen molar-refractivity contribution in [3.63, 3.8) is 0 Å². The van der Waals surface area contributed by atoms with Gasteiger partial charge < -0.3 is 9.73 Å². The molecular formula is C17H14Cl2N2O2S. The summed E-state index contributed by atoms with van der Waals surface area (Å²) in [6, 6.07) is 12.4. The molecule has 1 heterocycles. The SMILES string of the molecule is CCC(Sc1nc2ccccc2o1)C(=O)Nc1cc(Cl)ccc1Cl. The van der Waals surface area contributed by atoms with Gasteiger partial charge in [0.15, 0.2) is 5.58 Å². The van der Waals surface area contributed by atoms with E-state index in [2.05, 4.69) is 10.3 Å². The van der Waals surface area contributed by atoms with Crippen molar-refractivity contribution < 1.29 is 9.21 Å². The number of aromatic nitrogens is 1. The number of thioether (sulfide) groups is 1. The van der Waals surface area contributed by atoms with Crippen LogP contribution in [0.5, 0.6) is 0 Å². The number of halogens is 2. The maximum absolute atomic E-state index is 12.5. The Morgan fingerprint density at radius 1 is 1.29 bits per heavy atom. The first-order valence-electron chi connectivity index (χ1n) is 7.35. The summed E-state index contributed by atoms with van der Waals surface area (Å²) < 4.78 is 5.67. The van der Waals surface area contributed by atoms with Crippen LogP contribution in [0, 0.1) is 0 Å². The Bertz CT molecular complexity index is 849. The Morgan fingerprint density at radius 2 is 2.08 bits per heavy atom. The van der Waals surface area contributed by atoms with E-state index in [1.165, 1.54) is 11.8 Å². The number of para-hydroxylation sites is 2. The Labute approximate surface area is 153 Å². The van der Waals surface area contributed by atoms with E-state index in [0.717, 1.165) is 5.52 Å². The molecule has 3 aromatic rings. The van der Waals surface area contributed by atoms with E-state index < -0.39 is 0 Å². The van der Waals surface area contributed by atoms with Gasteiger partial charge in [-0.25, -0.2) is 4.98 Å². The normalized spacial score (nSPS) is 12.3. The number of anilines is 1. The van der Waals surface area contributed by atoms with Crippen LogP contribution in [0.4, 0.5) is 5.69 Å². The number of amides is 1. The largest absolute Gasteiger partial charge is 0.431 e. The summed E-state index contributed by atoms with van der Waals surface area (Å²) >= 11 is 13.3. The minimum absolute atomic E-state index is 0.172. The van der Waals surface area contributed by atoms with Crippen LogP contribution in [0.15, 0.2) is 52.1 Å². The van der Waals surface area contributed by atoms with Crippen LogP contribution in [0.25, 0.3) is 11.1 Å². The molecule has 0 bridgehead atoms. The van der Waals surface area contributed by atoms with Crippen molar-refractivity contribution in [3.8, 4) is 0 Å². The van der Waals surface area contributed by atoms with Gasteiger partial charge in [-0.15, -0.1) is 0 Å². The van der Waals surface area contributed by atoms with Gasteiger partial charge in [0.05, 0.1) is 16.0 Å². The summed E-state index contributed by atoms with van der Waals surface area (Å²) in [4.78, 5) is 16.9. The molecule has 2 aromatic carbocycles. The molecule has 4 nitrogen and oxygen atoms in total. The molecule has 0 aliphatic carbocycles. The average molecular weight is 381 g/mol. The first-order valence-corrected chi connectivity index (χ1v) is 8.98. The standard InChI is InChI=1S/C17H14Cl2N2O2S/c1-2-15(16(22)20-13-9-10(18)7-8-11(13)19)24-17-21-12-5-3-4-6-14(12)23-17/h3-9,15H,2H2,1H3,(H,20,22). The topological polar surface area (TPSA) is 55.1 Å². The molecule has 3 rings (SSSR count). The second-order valence-electron chi connectivity index (χ2n) is 5.08. The summed E-state index contributed by atoms with van der Waals surface area (Å²) in [5.74, 6) is -0.172. The van der Waals surface area contributed by atoms with Crippen LogP contribution in [-0.4, -0.2) is 16.1 Å². The van der Waals surface area contributed by atoms with Crippen molar-refractivity contribution in [1.29, 1.82) is 0 Å². The number of nitrogens with zero attached hydrogens (tertiary/aromatic N) is 1. The van der Waals surface area contributed by atoms with Gasteiger partial charge in [0.2, 0.25) is 5.91 Å². The monoisotopic (exact) mass is 380 g/mol. The van der Waals surface area contributed by atoms with E-state index in [0.29, 0.717) is 33.0 Å². The smallest absolute Gasteiger partial charge is 0.257 e. The van der Waals surface area contributed by atoms with E-state index in [4.69, 9.17) is 27.6 Å². The molecule has 1 unspecified atom stereocenters. The Kier molecular flexibility index (Phi) is 5.33. The molecule has 1 N–H and O–H groups in total. The van der Waals surface area contributed by atoms with E-state index in [9.17, 15) is 4.79 Å². The third kappa shape index (κ3) is 3.86. The highest BCUT2D eigenvalue weighted by Gasteiger charge is 2.22. The third-order valence-electron chi connectivity index (χ3n) is 3.37. The molecule has 0 aliphatic heterocycles. The Balaban J connectivity index is 1.75. The molecular weight excluding hydrogens is 367 g/mol. The summed E-state index contributed by atoms with van der Waals surface area (Å²) in [5.41, 5.74) is 1.96. The average Bonchev–Trinajstić information content (AvgIpc) is 2.98. The lowest BCUT2D eigenvalue weighted by Gasteiger charge is -2.13. The van der Waals surface area contributed by atoms with Crippen molar-refractivity contribution in [2.24, 2.45) is 0 Å². The highest BCUT2D eigenvalue weighted by molar-refractivity contribution is 8.00. The summed E-state index contributed by atoms with van der Waals surface area (Å²) in [5, 5.41) is 3.87. The fourth-order valence-corrected chi connectivity index (χ4v) is 3.35. The van der Waals surface area contributed by atoms with Gasteiger partial charge in [-0.1, -0.05) is 54.0 Å². The van der Waals surface area contributed by atoms with Gasteiger partial charge in [-0.05, 0) is 36.8 Å². The van der Waals surface area contributed by atoms with Crippen molar-refractivity contribution in [2.45, 2.75) is 23.8 Å². The fraction of sp³-hybridized carbons (Fsp3) is 0.176. The molecule has 7 heteroatoms. The summed E-state index contributed by atoms with van der Waals surface area (Å²) in [6.07, 6.45) is 0.618. The van der Waals surface area contributed by atoms with Crippen LogP contribution in [0.1, 0.15) is 13.3 Å². The lowest BCUT2D eigenvalue weighted by molar-refractivity contribution is -0.115. The molecule has 0 saturated heterocycles. The number of hydrogen-bond acceptors (Lipinski definition) is 4. The van der Waals surface area contributed by atoms with Gasteiger partial charge >= 0.3 is 0 Å². The van der Waals surface area contributed by atoms with Gasteiger partial charge in [-0.2, -0.15) is 0 Å². The van der Waals surface area contributed by atoms with Crippen LogP contribution in [0.3, 0.4) is 0 Å². The molecule has 0 spiro atoms. The maximum atomic E-state index is 12.5. The summed E-state index contributed by atoms with van der Waals surface area (Å²) in [7, 11) is 0. The van der Waals surface area contributed by atoms with Crippen molar-refractivity contribution >= 4 is 57.7 Å². The Hall–Kier alpha value is -1.69. The zero-order valence-electron chi connectivity index (χ0n) is 12.8. The molecule has 0 fully saturated rings. The zero-order chi connectivity index (χ0) is 17.1.